The van der Waals surface area contributed by atoms with Gasteiger partial charge < -0.3 is 14.4 Å². The zero-order valence-electron chi connectivity index (χ0n) is 12.6. The van der Waals surface area contributed by atoms with Gasteiger partial charge in [0.1, 0.15) is 5.82 Å². The Kier molecular flexibility index (Phi) is 3.37. The van der Waals surface area contributed by atoms with Crippen LogP contribution in [0.2, 0.25) is 0 Å². The zero-order chi connectivity index (χ0) is 15.0. The highest BCUT2D eigenvalue weighted by Gasteiger charge is 2.24. The molecule has 0 radical (unpaired) electrons. The summed E-state index contributed by atoms with van der Waals surface area (Å²) in [5.74, 6) is 1.81. The molecule has 0 aliphatic carbocycles. The summed E-state index contributed by atoms with van der Waals surface area (Å²) < 4.78 is 2.07. The predicted molar refractivity (Wildman–Crippen MR) is 80.3 cm³/mol. The van der Waals surface area contributed by atoms with Crippen LogP contribution in [-0.4, -0.2) is 46.2 Å². The summed E-state index contributed by atoms with van der Waals surface area (Å²) in [5.41, 5.74) is 1.74. The molecule has 1 aliphatic heterocycles. The summed E-state index contributed by atoms with van der Waals surface area (Å²) in [6, 6.07) is 7.69. The average molecular weight is 285 g/mol. The van der Waals surface area contributed by atoms with Crippen LogP contribution in [0.5, 0.6) is 0 Å². The van der Waals surface area contributed by atoms with Gasteiger partial charge in [-0.3, -0.25) is 4.79 Å². The van der Waals surface area contributed by atoms with Crippen LogP contribution in [0.3, 0.4) is 0 Å². The third kappa shape index (κ3) is 2.49. The maximum Gasteiger partial charge on any atom is 0.254 e. The molecule has 0 N–H and O–H groups in total. The molecule has 1 aromatic heterocycles. The van der Waals surface area contributed by atoms with Gasteiger partial charge in [0.2, 0.25) is 0 Å². The average Bonchev–Trinajstić information content (AvgIpc) is 2.87. The monoisotopic (exact) mass is 285 g/mol. The normalized spacial score (nSPS) is 14.0. The van der Waals surface area contributed by atoms with Crippen molar-refractivity contribution in [3.8, 4) is 0 Å². The maximum atomic E-state index is 12.6. The van der Waals surface area contributed by atoms with Gasteiger partial charge in [-0.25, -0.2) is 0 Å². The van der Waals surface area contributed by atoms with Crippen LogP contribution in [0.25, 0.3) is 0 Å². The summed E-state index contributed by atoms with van der Waals surface area (Å²) in [6.45, 7) is 3.91. The Morgan fingerprint density at radius 1 is 1.24 bits per heavy atom. The third-order valence-electron chi connectivity index (χ3n) is 3.83. The van der Waals surface area contributed by atoms with E-state index in [9.17, 15) is 4.79 Å². The minimum absolute atomic E-state index is 0.0469. The standard InChI is InChI=1S/C15H19N5O/c1-11-16-17-14-10-19(7-8-20(11)14)15(21)12-5-4-6-13(9-12)18(2)3/h4-6,9H,7-8,10H2,1-3H3. The molecule has 1 aliphatic rings. The van der Waals surface area contributed by atoms with E-state index in [2.05, 4.69) is 14.8 Å². The van der Waals surface area contributed by atoms with Crippen LogP contribution < -0.4 is 4.90 Å². The second kappa shape index (κ2) is 5.20. The first-order valence-corrected chi connectivity index (χ1v) is 7.01. The molecule has 6 heteroatoms. The highest BCUT2D eigenvalue weighted by molar-refractivity contribution is 5.95. The van der Waals surface area contributed by atoms with Crippen LogP contribution >= 0.6 is 0 Å². The number of aromatic nitrogens is 3. The number of carbonyl (C=O) groups excluding carboxylic acids is 1. The number of hydrogen-bond acceptors (Lipinski definition) is 4. The fourth-order valence-corrected chi connectivity index (χ4v) is 2.58. The molecule has 0 bridgehead atoms. The van der Waals surface area contributed by atoms with Crippen molar-refractivity contribution in [2.24, 2.45) is 0 Å². The second-order valence-electron chi connectivity index (χ2n) is 5.49. The molecule has 0 atom stereocenters. The first-order valence-electron chi connectivity index (χ1n) is 7.01. The Morgan fingerprint density at radius 3 is 2.81 bits per heavy atom. The van der Waals surface area contributed by atoms with Gasteiger partial charge in [0.05, 0.1) is 6.54 Å². The van der Waals surface area contributed by atoms with Gasteiger partial charge in [0.25, 0.3) is 5.91 Å². The van der Waals surface area contributed by atoms with Crippen LogP contribution in [0.15, 0.2) is 24.3 Å². The molecule has 0 saturated heterocycles. The lowest BCUT2D eigenvalue weighted by Crippen LogP contribution is -2.38. The lowest BCUT2D eigenvalue weighted by molar-refractivity contribution is 0.0706. The van der Waals surface area contributed by atoms with Crippen LogP contribution in [0, 0.1) is 6.92 Å². The summed E-state index contributed by atoms with van der Waals surface area (Å²) in [4.78, 5) is 16.5. The van der Waals surface area contributed by atoms with Gasteiger partial charge in [-0.05, 0) is 25.1 Å². The van der Waals surface area contributed by atoms with Gasteiger partial charge in [-0.2, -0.15) is 0 Å². The highest BCUT2D eigenvalue weighted by atomic mass is 16.2. The Bertz CT molecular complexity index is 676. The summed E-state index contributed by atoms with van der Waals surface area (Å²) in [6.07, 6.45) is 0. The molecule has 3 rings (SSSR count). The van der Waals surface area contributed by atoms with Gasteiger partial charge in [0.15, 0.2) is 5.82 Å². The molecule has 0 fully saturated rings. The minimum atomic E-state index is 0.0469. The molecule has 1 aromatic carbocycles. The SMILES string of the molecule is Cc1nnc2n1CCN(C(=O)c1cccc(N(C)C)c1)C2. The number of carbonyl (C=O) groups is 1. The topological polar surface area (TPSA) is 54.3 Å². The Hall–Kier alpha value is -2.37. The van der Waals surface area contributed by atoms with Crippen LogP contribution in [-0.2, 0) is 13.1 Å². The van der Waals surface area contributed by atoms with Crippen molar-refractivity contribution in [3.05, 3.63) is 41.5 Å². The molecule has 0 spiro atoms. The molecule has 0 unspecified atom stereocenters. The van der Waals surface area contributed by atoms with Crippen LogP contribution in [0.4, 0.5) is 5.69 Å². The number of anilines is 1. The lowest BCUT2D eigenvalue weighted by Gasteiger charge is -2.28. The van der Waals surface area contributed by atoms with Crippen molar-refractivity contribution in [2.75, 3.05) is 25.5 Å². The third-order valence-corrected chi connectivity index (χ3v) is 3.83. The maximum absolute atomic E-state index is 12.6. The fourth-order valence-electron chi connectivity index (χ4n) is 2.58. The first kappa shape index (κ1) is 13.6. The molecular weight excluding hydrogens is 266 g/mol. The molecule has 110 valence electrons. The van der Waals surface area contributed by atoms with E-state index >= 15 is 0 Å². The quantitative estimate of drug-likeness (QED) is 0.835. The number of benzene rings is 1. The summed E-state index contributed by atoms with van der Waals surface area (Å²) in [5, 5.41) is 8.21. The van der Waals surface area contributed by atoms with E-state index in [1.165, 1.54) is 0 Å². The van der Waals surface area contributed by atoms with Gasteiger partial charge in [-0.15, -0.1) is 10.2 Å². The van der Waals surface area contributed by atoms with Crippen LogP contribution in [0.1, 0.15) is 22.0 Å². The van der Waals surface area contributed by atoms with E-state index in [0.29, 0.717) is 18.7 Å². The van der Waals surface area contributed by atoms with E-state index in [-0.39, 0.29) is 5.91 Å². The Labute approximate surface area is 124 Å². The number of fused-ring (bicyclic) bond motifs is 1. The zero-order valence-corrected chi connectivity index (χ0v) is 12.6. The van der Waals surface area contributed by atoms with Gasteiger partial charge >= 0.3 is 0 Å². The Morgan fingerprint density at radius 2 is 2.05 bits per heavy atom. The highest BCUT2D eigenvalue weighted by Crippen LogP contribution is 2.18. The molecule has 0 saturated carbocycles. The van der Waals surface area contributed by atoms with Crippen molar-refractivity contribution in [2.45, 2.75) is 20.0 Å². The van der Waals surface area contributed by atoms with E-state index in [4.69, 9.17) is 0 Å². The largest absolute Gasteiger partial charge is 0.378 e. The number of amides is 1. The van der Waals surface area contributed by atoms with E-state index in [1.54, 1.807) is 0 Å². The summed E-state index contributed by atoms with van der Waals surface area (Å²) in [7, 11) is 3.94. The van der Waals surface area contributed by atoms with E-state index in [0.717, 1.165) is 23.9 Å². The Balaban J connectivity index is 1.82. The minimum Gasteiger partial charge on any atom is -0.378 e. The number of rotatable bonds is 2. The van der Waals surface area contributed by atoms with Crippen molar-refractivity contribution < 1.29 is 4.79 Å². The van der Waals surface area contributed by atoms with Gasteiger partial charge in [-0.1, -0.05) is 6.07 Å². The predicted octanol–water partition coefficient (Wildman–Crippen LogP) is 1.31. The lowest BCUT2D eigenvalue weighted by atomic mass is 10.1. The number of hydrogen-bond donors (Lipinski definition) is 0. The molecular formula is C15H19N5O. The molecule has 1 amide bonds. The van der Waals surface area contributed by atoms with Gasteiger partial charge in [0, 0.05) is 38.4 Å². The number of aryl methyl sites for hydroxylation is 1. The molecule has 21 heavy (non-hydrogen) atoms. The first-order chi connectivity index (χ1) is 10.1. The molecule has 2 aromatic rings. The molecule has 2 heterocycles. The van der Waals surface area contributed by atoms with E-state index < -0.39 is 0 Å². The second-order valence-corrected chi connectivity index (χ2v) is 5.49. The van der Waals surface area contributed by atoms with Crippen molar-refractivity contribution in [1.82, 2.24) is 19.7 Å². The van der Waals surface area contributed by atoms with Crippen molar-refractivity contribution >= 4 is 11.6 Å². The molecule has 6 nitrogen and oxygen atoms in total. The van der Waals surface area contributed by atoms with Crippen molar-refractivity contribution in [1.29, 1.82) is 0 Å². The smallest absolute Gasteiger partial charge is 0.254 e. The van der Waals surface area contributed by atoms with E-state index in [1.807, 2.05) is 55.1 Å². The number of nitrogens with zero attached hydrogens (tertiary/aromatic N) is 5. The fraction of sp³-hybridized carbons (Fsp3) is 0.400. The summed E-state index contributed by atoms with van der Waals surface area (Å²) >= 11 is 0. The van der Waals surface area contributed by atoms with Crippen molar-refractivity contribution in [3.63, 3.8) is 0 Å².